The molecule has 51 heavy (non-hydrogen) atoms. The summed E-state index contributed by atoms with van der Waals surface area (Å²) in [5.74, 6) is -0.0417. The number of nitrogens with zero attached hydrogens (tertiary/aromatic N) is 1. The predicted octanol–water partition coefficient (Wildman–Crippen LogP) is 7.86. The summed E-state index contributed by atoms with van der Waals surface area (Å²) >= 11 is 14.4. The van der Waals surface area contributed by atoms with E-state index in [4.69, 9.17) is 23.2 Å². The van der Waals surface area contributed by atoms with Gasteiger partial charge in [-0.25, -0.2) is 26.4 Å². The lowest BCUT2D eigenvalue weighted by Crippen LogP contribution is -2.32. The van der Waals surface area contributed by atoms with Crippen LogP contribution in [0.4, 0.5) is 11.4 Å². The average molecular weight is 845 g/mol. The molecule has 0 fully saturated rings. The molecule has 15 heteroatoms. The number of ether oxygens (including phenoxy) is 2. The van der Waals surface area contributed by atoms with Gasteiger partial charge in [0.05, 0.1) is 49.1 Å². The number of hydrogen-bond donors (Lipinski definition) is 1. The fourth-order valence-corrected chi connectivity index (χ4v) is 7.75. The van der Waals surface area contributed by atoms with E-state index in [0.29, 0.717) is 41.2 Å². The van der Waals surface area contributed by atoms with E-state index in [1.807, 2.05) is 24.3 Å². The van der Waals surface area contributed by atoms with E-state index in [0.717, 1.165) is 16.5 Å². The van der Waals surface area contributed by atoms with Crippen molar-refractivity contribution < 1.29 is 35.9 Å². The highest BCUT2D eigenvalue weighted by Crippen LogP contribution is 2.22. The summed E-state index contributed by atoms with van der Waals surface area (Å²) < 4.78 is 61.3. The molecule has 0 atom stereocenters. The maximum atomic E-state index is 12.7. The van der Waals surface area contributed by atoms with Gasteiger partial charge in [0.1, 0.15) is 0 Å². The van der Waals surface area contributed by atoms with Crippen molar-refractivity contribution in [1.82, 2.24) is 0 Å². The Morgan fingerprint density at radius 2 is 1.12 bits per heavy atom. The smallest absolute Gasteiger partial charge is 0.337 e. The van der Waals surface area contributed by atoms with Crippen LogP contribution in [0.1, 0.15) is 44.7 Å². The monoisotopic (exact) mass is 842 g/mol. The van der Waals surface area contributed by atoms with Crippen LogP contribution in [-0.4, -0.2) is 66.3 Å². The maximum absolute atomic E-state index is 12.7. The Labute approximate surface area is 319 Å². The molecule has 0 aromatic heterocycles. The number of esters is 2. The number of rotatable bonds is 15. The fourth-order valence-electron chi connectivity index (χ4n) is 4.15. The van der Waals surface area contributed by atoms with E-state index in [1.54, 1.807) is 84.9 Å². The Bertz CT molecular complexity index is 1830. The quantitative estimate of drug-likeness (QED) is 0.0944. The van der Waals surface area contributed by atoms with Gasteiger partial charge in [-0.15, -0.1) is 23.2 Å². The van der Waals surface area contributed by atoms with Crippen molar-refractivity contribution in [1.29, 1.82) is 0 Å². The average Bonchev–Trinajstić information content (AvgIpc) is 3.16. The second-order valence-corrected chi connectivity index (χ2v) is 15.7. The molecule has 0 aliphatic heterocycles. The summed E-state index contributed by atoms with van der Waals surface area (Å²) in [6.45, 7) is 0.177. The Morgan fingerprint density at radius 1 is 0.667 bits per heavy atom. The molecule has 0 saturated heterocycles. The molecule has 0 saturated carbocycles. The van der Waals surface area contributed by atoms with Gasteiger partial charge in [0.2, 0.25) is 20.0 Å². The first kappa shape index (κ1) is 43.5. The maximum Gasteiger partial charge on any atom is 0.337 e. The first-order chi connectivity index (χ1) is 24.4. The van der Waals surface area contributed by atoms with Crippen LogP contribution < -0.4 is 9.03 Å². The molecule has 10 nitrogen and oxygen atoms in total. The molecule has 0 aliphatic carbocycles. The lowest BCUT2D eigenvalue weighted by Gasteiger charge is -2.24. The van der Waals surface area contributed by atoms with E-state index in [-0.39, 0.29) is 29.9 Å². The highest BCUT2D eigenvalue weighted by atomic mass is 79.9. The summed E-state index contributed by atoms with van der Waals surface area (Å²) in [5, 5.41) is 0.800. The summed E-state index contributed by atoms with van der Waals surface area (Å²) in [7, 11) is -4.05. The van der Waals surface area contributed by atoms with E-state index < -0.39 is 26.0 Å². The Kier molecular flexibility index (Phi) is 19.7. The zero-order chi connectivity index (χ0) is 37.7. The van der Waals surface area contributed by atoms with Gasteiger partial charge in [0.25, 0.3) is 0 Å². The summed E-state index contributed by atoms with van der Waals surface area (Å²) in [4.78, 5) is 22.5. The van der Waals surface area contributed by atoms with Crippen LogP contribution in [0.25, 0.3) is 0 Å². The van der Waals surface area contributed by atoms with Crippen LogP contribution in [0.5, 0.6) is 0 Å². The van der Waals surface area contributed by atoms with Crippen molar-refractivity contribution in [2.24, 2.45) is 0 Å². The molecule has 0 aliphatic rings. The number of methoxy groups -OCH3 is 2. The van der Waals surface area contributed by atoms with Crippen LogP contribution in [0.2, 0.25) is 0 Å². The van der Waals surface area contributed by atoms with Crippen molar-refractivity contribution in [3.05, 3.63) is 131 Å². The van der Waals surface area contributed by atoms with Gasteiger partial charge >= 0.3 is 11.9 Å². The van der Waals surface area contributed by atoms with Gasteiger partial charge in [-0.1, -0.05) is 76.6 Å². The number of carbonyl (C=O) groups is 2. The molecule has 0 amide bonds. The van der Waals surface area contributed by atoms with Crippen LogP contribution in [0, 0.1) is 0 Å². The molecular formula is C36H41BrCl2N2O8S2. The predicted molar refractivity (Wildman–Crippen MR) is 209 cm³/mol. The zero-order valence-electron chi connectivity index (χ0n) is 28.2. The molecule has 0 radical (unpaired) electrons. The van der Waals surface area contributed by atoms with Gasteiger partial charge < -0.3 is 9.47 Å². The lowest BCUT2D eigenvalue weighted by molar-refractivity contribution is 0.0592. The van der Waals surface area contributed by atoms with Crippen LogP contribution >= 0.6 is 39.1 Å². The van der Waals surface area contributed by atoms with Gasteiger partial charge in [-0.2, -0.15) is 0 Å². The molecule has 0 bridgehead atoms. The Hall–Kier alpha value is -3.62. The second-order valence-electron chi connectivity index (χ2n) is 10.5. The third-order valence-electron chi connectivity index (χ3n) is 6.74. The van der Waals surface area contributed by atoms with E-state index in [2.05, 4.69) is 30.1 Å². The minimum atomic E-state index is -3.51. The van der Waals surface area contributed by atoms with Gasteiger partial charge in [-0.3, -0.25) is 9.03 Å². The van der Waals surface area contributed by atoms with Crippen molar-refractivity contribution in [3.8, 4) is 0 Å². The second kappa shape index (κ2) is 23.0. The highest BCUT2D eigenvalue weighted by Gasteiger charge is 2.22. The van der Waals surface area contributed by atoms with E-state index in [9.17, 15) is 26.4 Å². The lowest BCUT2D eigenvalue weighted by atomic mass is 10.1. The Balaban J connectivity index is 0.000000292. The molecule has 0 unspecified atom stereocenters. The normalized spacial score (nSPS) is 10.8. The third kappa shape index (κ3) is 16.1. The first-order valence-corrected chi connectivity index (χ1v) is 21.0. The number of nitrogens with one attached hydrogen (secondary N) is 1. The molecular weight excluding hydrogens is 803 g/mol. The number of carbonyl (C=O) groups excluding carboxylic acids is 2. The largest absolute Gasteiger partial charge is 0.465 e. The number of hydrogen-bond acceptors (Lipinski definition) is 8. The fraction of sp³-hybridized carbons (Fsp3) is 0.278. The number of halogens is 3. The van der Waals surface area contributed by atoms with Crippen molar-refractivity contribution in [3.63, 3.8) is 0 Å². The first-order valence-electron chi connectivity index (χ1n) is 15.5. The minimum Gasteiger partial charge on any atom is -0.465 e. The SMILES string of the molecule is COC(=O)c1ccc(CBr)cc1.COC(=O)c1ccc(CN(c2ccccc2)S(=O)(=O)CCCCl)cc1.O=S(=O)(CCCCl)Nc1ccccc1. The van der Waals surface area contributed by atoms with Crippen LogP contribution in [-0.2, 0) is 41.4 Å². The molecule has 4 aromatic rings. The molecule has 0 spiro atoms. The summed E-state index contributed by atoms with van der Waals surface area (Å²) in [6, 6.07) is 31.7. The Morgan fingerprint density at radius 3 is 1.57 bits per heavy atom. The standard InChI is InChI=1S/C18H20ClNO4S.C9H9BrO2.C9H12ClNO2S/c1-24-18(21)16-10-8-15(9-11-16)14-20(17-6-3-2-4-7-17)25(22,23)13-5-12-19;1-12-9(11)8-4-2-7(6-10)3-5-8;10-7-4-8-14(12,13)11-9-5-2-1-3-6-9/h2-4,6-11H,5,12-14H2,1H3;2-5H,6H2,1H3;1-3,5-6,11H,4,7-8H2. The summed E-state index contributed by atoms with van der Waals surface area (Å²) in [6.07, 6.45) is 0.845. The van der Waals surface area contributed by atoms with E-state index >= 15 is 0 Å². The molecule has 4 aromatic carbocycles. The van der Waals surface area contributed by atoms with Gasteiger partial charge in [0, 0.05) is 22.8 Å². The van der Waals surface area contributed by atoms with Crippen LogP contribution in [0.3, 0.4) is 0 Å². The van der Waals surface area contributed by atoms with Gasteiger partial charge in [-0.05, 0) is 72.5 Å². The molecule has 4 rings (SSSR count). The number of alkyl halides is 3. The van der Waals surface area contributed by atoms with Crippen LogP contribution in [0.15, 0.2) is 109 Å². The zero-order valence-corrected chi connectivity index (χ0v) is 32.9. The third-order valence-corrected chi connectivity index (χ3v) is 11.1. The molecule has 1 N–H and O–H groups in total. The number of para-hydroxylation sites is 2. The number of sulfonamides is 2. The number of anilines is 2. The van der Waals surface area contributed by atoms with E-state index in [1.165, 1.54) is 18.5 Å². The topological polar surface area (TPSA) is 136 Å². The van der Waals surface area contributed by atoms with Crippen molar-refractivity contribution >= 4 is 82.5 Å². The minimum absolute atomic E-state index is 0.0222. The summed E-state index contributed by atoms with van der Waals surface area (Å²) in [5.41, 5.74) is 4.09. The van der Waals surface area contributed by atoms with Gasteiger partial charge in [0.15, 0.2) is 0 Å². The highest BCUT2D eigenvalue weighted by molar-refractivity contribution is 9.08. The molecule has 276 valence electrons. The van der Waals surface area contributed by atoms with Crippen molar-refractivity contribution in [2.45, 2.75) is 24.7 Å². The van der Waals surface area contributed by atoms with Crippen molar-refractivity contribution in [2.75, 3.05) is 46.5 Å². The number of benzene rings is 4. The molecule has 0 heterocycles.